The predicted octanol–water partition coefficient (Wildman–Crippen LogP) is 2.09. The number of carbonyl (C=O) groups excluding carboxylic acids is 1. The summed E-state index contributed by atoms with van der Waals surface area (Å²) < 4.78 is 15.6. The lowest BCUT2D eigenvalue weighted by Crippen LogP contribution is -2.34. The summed E-state index contributed by atoms with van der Waals surface area (Å²) in [6.45, 7) is 2.13. The van der Waals surface area contributed by atoms with Crippen LogP contribution in [0.15, 0.2) is 28.7 Å². The Labute approximate surface area is 111 Å². The number of fused-ring (bicyclic) bond motifs is 1. The molecule has 0 fully saturated rings. The molecule has 0 radical (unpaired) electrons. The number of amides is 1. The van der Waals surface area contributed by atoms with Crippen LogP contribution in [0.1, 0.15) is 16.1 Å². The lowest BCUT2D eigenvalue weighted by atomic mass is 10.1. The lowest BCUT2D eigenvalue weighted by Gasteiger charge is -2.13. The van der Waals surface area contributed by atoms with Crippen LogP contribution in [0.3, 0.4) is 0 Å². The maximum atomic E-state index is 12.1. The quantitative estimate of drug-likeness (QED) is 0.839. The van der Waals surface area contributed by atoms with Crippen LogP contribution in [-0.4, -0.2) is 33.0 Å². The Balaban J connectivity index is 2.15. The molecule has 0 saturated heterocycles. The topological polar surface area (TPSA) is 60.7 Å². The number of hydrogen-bond donors (Lipinski definition) is 1. The fraction of sp³-hybridized carbons (Fsp3) is 0.357. The number of methoxy groups -OCH3 is 2. The Morgan fingerprint density at radius 2 is 2.00 bits per heavy atom. The minimum Gasteiger partial charge on any atom is -0.451 e. The van der Waals surface area contributed by atoms with E-state index in [2.05, 4.69) is 5.32 Å². The van der Waals surface area contributed by atoms with E-state index in [9.17, 15) is 4.79 Å². The number of benzene rings is 1. The zero-order valence-corrected chi connectivity index (χ0v) is 11.2. The lowest BCUT2D eigenvalue weighted by molar-refractivity contribution is -0.0975. The van der Waals surface area contributed by atoms with Gasteiger partial charge in [0.2, 0.25) is 0 Å². The van der Waals surface area contributed by atoms with Crippen LogP contribution in [0, 0.1) is 6.92 Å². The molecule has 5 nitrogen and oxygen atoms in total. The molecule has 1 aromatic carbocycles. The second-order valence-corrected chi connectivity index (χ2v) is 4.16. The molecule has 1 aromatic heterocycles. The predicted molar refractivity (Wildman–Crippen MR) is 71.1 cm³/mol. The monoisotopic (exact) mass is 263 g/mol. The van der Waals surface area contributed by atoms with E-state index >= 15 is 0 Å². The van der Waals surface area contributed by atoms with E-state index in [-0.39, 0.29) is 12.5 Å². The Morgan fingerprint density at radius 3 is 2.63 bits per heavy atom. The molecule has 0 atom stereocenters. The van der Waals surface area contributed by atoms with Crippen molar-refractivity contribution in [1.82, 2.24) is 5.32 Å². The molecule has 2 rings (SSSR count). The molecule has 0 bridgehead atoms. The highest BCUT2D eigenvalue weighted by Crippen LogP contribution is 2.24. The van der Waals surface area contributed by atoms with E-state index in [1.54, 1.807) is 0 Å². The van der Waals surface area contributed by atoms with Gasteiger partial charge in [-0.2, -0.15) is 0 Å². The molecular weight excluding hydrogens is 246 g/mol. The third kappa shape index (κ3) is 2.77. The van der Waals surface area contributed by atoms with Gasteiger partial charge in [-0.3, -0.25) is 4.79 Å². The van der Waals surface area contributed by atoms with Crippen LogP contribution in [0.4, 0.5) is 0 Å². The van der Waals surface area contributed by atoms with Crippen molar-refractivity contribution in [1.29, 1.82) is 0 Å². The fourth-order valence-corrected chi connectivity index (χ4v) is 1.91. The zero-order chi connectivity index (χ0) is 13.8. The van der Waals surface area contributed by atoms with Crippen LogP contribution in [-0.2, 0) is 9.47 Å². The number of aryl methyl sites for hydroxylation is 1. The first-order valence-electron chi connectivity index (χ1n) is 5.99. The van der Waals surface area contributed by atoms with Crippen molar-refractivity contribution in [2.75, 3.05) is 20.8 Å². The third-order valence-corrected chi connectivity index (χ3v) is 3.00. The second-order valence-electron chi connectivity index (χ2n) is 4.16. The minimum atomic E-state index is -0.464. The Hall–Kier alpha value is -1.85. The number of ether oxygens (including phenoxy) is 2. The molecular formula is C14H17NO4. The van der Waals surface area contributed by atoms with Crippen molar-refractivity contribution in [3.63, 3.8) is 0 Å². The van der Waals surface area contributed by atoms with Crippen molar-refractivity contribution in [3.05, 3.63) is 35.6 Å². The van der Waals surface area contributed by atoms with E-state index in [0.29, 0.717) is 11.3 Å². The summed E-state index contributed by atoms with van der Waals surface area (Å²) in [7, 11) is 3.04. The van der Waals surface area contributed by atoms with Gasteiger partial charge in [0, 0.05) is 25.2 Å². The highest BCUT2D eigenvalue weighted by atomic mass is 16.7. The van der Waals surface area contributed by atoms with Crippen LogP contribution < -0.4 is 5.32 Å². The Kier molecular flexibility index (Phi) is 4.19. The number of furan rings is 1. The van der Waals surface area contributed by atoms with E-state index in [1.165, 1.54) is 14.2 Å². The van der Waals surface area contributed by atoms with Gasteiger partial charge in [-0.1, -0.05) is 18.2 Å². The summed E-state index contributed by atoms with van der Waals surface area (Å²) in [6.07, 6.45) is -0.464. The number of rotatable bonds is 5. The second kappa shape index (κ2) is 5.86. The SMILES string of the molecule is COC(CNC(=O)c1oc2ccccc2c1C)OC. The molecule has 0 unspecified atom stereocenters. The average molecular weight is 263 g/mol. The largest absolute Gasteiger partial charge is 0.451 e. The molecule has 2 aromatic rings. The molecule has 1 amide bonds. The normalized spacial score (nSPS) is 11.2. The minimum absolute atomic E-state index is 0.266. The van der Waals surface area contributed by atoms with Crippen molar-refractivity contribution < 1.29 is 18.7 Å². The van der Waals surface area contributed by atoms with Crippen LogP contribution >= 0.6 is 0 Å². The van der Waals surface area contributed by atoms with E-state index in [1.807, 2.05) is 31.2 Å². The van der Waals surface area contributed by atoms with Crippen LogP contribution in [0.2, 0.25) is 0 Å². The first-order chi connectivity index (χ1) is 9.17. The summed E-state index contributed by atoms with van der Waals surface area (Å²) in [4.78, 5) is 12.1. The number of para-hydroxylation sites is 1. The van der Waals surface area contributed by atoms with Crippen molar-refractivity contribution in [2.45, 2.75) is 13.2 Å². The molecule has 5 heteroatoms. The number of carbonyl (C=O) groups is 1. The van der Waals surface area contributed by atoms with Gasteiger partial charge in [0.05, 0.1) is 6.54 Å². The first kappa shape index (κ1) is 13.6. The van der Waals surface area contributed by atoms with Gasteiger partial charge in [-0.15, -0.1) is 0 Å². The molecule has 0 aliphatic heterocycles. The molecule has 0 saturated carbocycles. The molecule has 0 aliphatic carbocycles. The third-order valence-electron chi connectivity index (χ3n) is 3.00. The average Bonchev–Trinajstić information content (AvgIpc) is 2.78. The van der Waals surface area contributed by atoms with Gasteiger partial charge >= 0.3 is 0 Å². The van der Waals surface area contributed by atoms with E-state index in [0.717, 1.165) is 10.9 Å². The van der Waals surface area contributed by atoms with Gasteiger partial charge in [-0.25, -0.2) is 0 Å². The summed E-state index contributed by atoms with van der Waals surface area (Å²) in [5.41, 5.74) is 1.54. The van der Waals surface area contributed by atoms with E-state index in [4.69, 9.17) is 13.9 Å². The summed E-state index contributed by atoms with van der Waals surface area (Å²) in [5.74, 6) is 0.0555. The maximum Gasteiger partial charge on any atom is 0.287 e. The first-order valence-corrected chi connectivity index (χ1v) is 5.99. The van der Waals surface area contributed by atoms with Crippen molar-refractivity contribution >= 4 is 16.9 Å². The van der Waals surface area contributed by atoms with Gasteiger partial charge < -0.3 is 19.2 Å². The highest BCUT2D eigenvalue weighted by molar-refractivity contribution is 5.98. The van der Waals surface area contributed by atoms with E-state index < -0.39 is 6.29 Å². The van der Waals surface area contributed by atoms with Crippen LogP contribution in [0.25, 0.3) is 11.0 Å². The number of hydrogen-bond acceptors (Lipinski definition) is 4. The van der Waals surface area contributed by atoms with Crippen LogP contribution in [0.5, 0.6) is 0 Å². The van der Waals surface area contributed by atoms with Crippen molar-refractivity contribution in [3.8, 4) is 0 Å². The fourth-order valence-electron chi connectivity index (χ4n) is 1.91. The maximum absolute atomic E-state index is 12.1. The van der Waals surface area contributed by atoms with Gasteiger partial charge in [0.15, 0.2) is 12.1 Å². The molecule has 19 heavy (non-hydrogen) atoms. The molecule has 1 heterocycles. The summed E-state index contributed by atoms with van der Waals surface area (Å²) in [5, 5.41) is 3.67. The molecule has 1 N–H and O–H groups in total. The summed E-state index contributed by atoms with van der Waals surface area (Å²) in [6, 6.07) is 7.56. The molecule has 102 valence electrons. The van der Waals surface area contributed by atoms with Gasteiger partial charge in [-0.05, 0) is 13.0 Å². The Morgan fingerprint density at radius 1 is 1.32 bits per heavy atom. The van der Waals surface area contributed by atoms with Gasteiger partial charge in [0.1, 0.15) is 5.58 Å². The summed E-state index contributed by atoms with van der Waals surface area (Å²) >= 11 is 0. The highest BCUT2D eigenvalue weighted by Gasteiger charge is 2.18. The zero-order valence-electron chi connectivity index (χ0n) is 11.2. The Bertz CT molecular complexity index is 572. The number of nitrogens with one attached hydrogen (secondary N) is 1. The standard InChI is InChI=1S/C14H17NO4/c1-9-10-6-4-5-7-11(10)19-13(9)14(16)15-8-12(17-2)18-3/h4-7,12H,8H2,1-3H3,(H,15,16). The van der Waals surface area contributed by atoms with Gasteiger partial charge in [0.25, 0.3) is 5.91 Å². The van der Waals surface area contributed by atoms with Crippen molar-refractivity contribution in [2.24, 2.45) is 0 Å². The molecule has 0 aliphatic rings. The molecule has 0 spiro atoms. The smallest absolute Gasteiger partial charge is 0.287 e.